The lowest BCUT2D eigenvalue weighted by molar-refractivity contribution is 0.0470. The van der Waals surface area contributed by atoms with Crippen molar-refractivity contribution in [3.63, 3.8) is 0 Å². The van der Waals surface area contributed by atoms with Crippen LogP contribution in [0.5, 0.6) is 0 Å². The standard InChI is InChI=1S/C20H18N2O4/c1-2-5-13-8-10-14(11-9-13)17(23)12-26-20(25)18-15-6-3-4-7-16(15)19(24)22-21-18/h3-4,6-11H,2,5,12H2,1H3,(H,22,24). The number of aromatic nitrogens is 2. The predicted octanol–water partition coefficient (Wildman–Crippen LogP) is 2.92. The van der Waals surface area contributed by atoms with Crippen molar-refractivity contribution in [1.29, 1.82) is 0 Å². The van der Waals surface area contributed by atoms with Gasteiger partial charge in [0, 0.05) is 10.9 Å². The van der Waals surface area contributed by atoms with E-state index in [4.69, 9.17) is 4.74 Å². The minimum absolute atomic E-state index is 0.0220. The van der Waals surface area contributed by atoms with Crippen molar-refractivity contribution in [3.8, 4) is 0 Å². The quantitative estimate of drug-likeness (QED) is 0.545. The second-order valence-electron chi connectivity index (χ2n) is 5.89. The van der Waals surface area contributed by atoms with E-state index in [1.54, 1.807) is 36.4 Å². The number of aromatic amines is 1. The van der Waals surface area contributed by atoms with Gasteiger partial charge in [-0.3, -0.25) is 9.59 Å². The van der Waals surface area contributed by atoms with Crippen LogP contribution in [0.25, 0.3) is 10.8 Å². The Balaban J connectivity index is 1.72. The Morgan fingerprint density at radius 2 is 1.73 bits per heavy atom. The molecule has 2 aromatic carbocycles. The zero-order valence-electron chi connectivity index (χ0n) is 14.3. The molecule has 132 valence electrons. The van der Waals surface area contributed by atoms with Gasteiger partial charge in [-0.15, -0.1) is 0 Å². The Morgan fingerprint density at radius 1 is 1.04 bits per heavy atom. The Bertz CT molecular complexity index is 1010. The molecule has 0 bridgehead atoms. The maximum Gasteiger partial charge on any atom is 0.359 e. The number of nitrogens with zero attached hydrogens (tertiary/aromatic N) is 1. The van der Waals surface area contributed by atoms with Gasteiger partial charge in [-0.25, -0.2) is 9.89 Å². The van der Waals surface area contributed by atoms with Crippen LogP contribution in [-0.4, -0.2) is 28.6 Å². The van der Waals surface area contributed by atoms with Gasteiger partial charge in [-0.1, -0.05) is 55.8 Å². The molecule has 0 radical (unpaired) electrons. The zero-order chi connectivity index (χ0) is 18.5. The summed E-state index contributed by atoms with van der Waals surface area (Å²) in [6.45, 7) is 1.70. The Kier molecular flexibility index (Phi) is 5.22. The summed E-state index contributed by atoms with van der Waals surface area (Å²) in [5.41, 5.74) is 1.23. The molecule has 1 N–H and O–H groups in total. The predicted molar refractivity (Wildman–Crippen MR) is 97.4 cm³/mol. The van der Waals surface area contributed by atoms with Crippen LogP contribution in [0, 0.1) is 0 Å². The van der Waals surface area contributed by atoms with Crippen molar-refractivity contribution in [2.24, 2.45) is 0 Å². The van der Waals surface area contributed by atoms with E-state index in [1.807, 2.05) is 12.1 Å². The van der Waals surface area contributed by atoms with Gasteiger partial charge in [0.15, 0.2) is 18.1 Å². The molecule has 0 fully saturated rings. The van der Waals surface area contributed by atoms with Crippen LogP contribution in [0.15, 0.2) is 53.3 Å². The first kappa shape index (κ1) is 17.5. The van der Waals surface area contributed by atoms with Crippen molar-refractivity contribution in [3.05, 3.63) is 75.7 Å². The Hall–Kier alpha value is -3.28. The molecule has 6 heteroatoms. The monoisotopic (exact) mass is 350 g/mol. The molecular formula is C20H18N2O4. The van der Waals surface area contributed by atoms with E-state index in [0.717, 1.165) is 18.4 Å². The molecule has 0 aliphatic carbocycles. The molecule has 6 nitrogen and oxygen atoms in total. The normalized spacial score (nSPS) is 10.7. The van der Waals surface area contributed by atoms with Gasteiger partial charge < -0.3 is 4.74 Å². The lowest BCUT2D eigenvalue weighted by Gasteiger charge is -2.06. The first-order chi connectivity index (χ1) is 12.6. The minimum atomic E-state index is -0.756. The van der Waals surface area contributed by atoms with E-state index in [1.165, 1.54) is 0 Å². The fraction of sp³-hybridized carbons (Fsp3) is 0.200. The van der Waals surface area contributed by atoms with Crippen LogP contribution in [0.4, 0.5) is 0 Å². The fourth-order valence-corrected chi connectivity index (χ4v) is 2.70. The third-order valence-electron chi connectivity index (χ3n) is 4.04. The van der Waals surface area contributed by atoms with E-state index in [2.05, 4.69) is 17.1 Å². The molecule has 3 rings (SSSR count). The van der Waals surface area contributed by atoms with Gasteiger partial charge in [0.1, 0.15) is 0 Å². The first-order valence-electron chi connectivity index (χ1n) is 8.37. The van der Waals surface area contributed by atoms with Crippen LogP contribution in [0.3, 0.4) is 0 Å². The summed E-state index contributed by atoms with van der Waals surface area (Å²) in [6, 6.07) is 13.9. The van der Waals surface area contributed by atoms with Crippen LogP contribution in [-0.2, 0) is 11.2 Å². The highest BCUT2D eigenvalue weighted by atomic mass is 16.5. The average Bonchev–Trinajstić information content (AvgIpc) is 2.67. The third kappa shape index (κ3) is 3.69. The number of rotatable bonds is 6. The lowest BCUT2D eigenvalue weighted by Crippen LogP contribution is -2.19. The van der Waals surface area contributed by atoms with Gasteiger partial charge in [0.25, 0.3) is 5.56 Å². The molecule has 0 saturated carbocycles. The number of benzene rings is 2. The molecule has 1 aromatic heterocycles. The van der Waals surface area contributed by atoms with Crippen molar-refractivity contribution in [2.75, 3.05) is 6.61 Å². The number of fused-ring (bicyclic) bond motifs is 1. The number of hydrogen-bond acceptors (Lipinski definition) is 5. The van der Waals surface area contributed by atoms with Gasteiger partial charge in [-0.05, 0) is 18.1 Å². The second kappa shape index (κ2) is 7.74. The van der Waals surface area contributed by atoms with Crippen LogP contribution < -0.4 is 5.56 Å². The summed E-state index contributed by atoms with van der Waals surface area (Å²) >= 11 is 0. The molecular weight excluding hydrogens is 332 g/mol. The van der Waals surface area contributed by atoms with Crippen molar-refractivity contribution >= 4 is 22.5 Å². The number of ketones is 1. The van der Waals surface area contributed by atoms with E-state index in [-0.39, 0.29) is 23.6 Å². The molecule has 0 amide bonds. The molecule has 0 aliphatic rings. The minimum Gasteiger partial charge on any atom is -0.452 e. The van der Waals surface area contributed by atoms with Gasteiger partial charge in [0.05, 0.1) is 5.39 Å². The SMILES string of the molecule is CCCc1ccc(C(=O)COC(=O)c2n[nH]c(=O)c3ccccc23)cc1. The summed E-state index contributed by atoms with van der Waals surface area (Å²) in [4.78, 5) is 36.3. The summed E-state index contributed by atoms with van der Waals surface area (Å²) in [6.07, 6.45) is 1.99. The van der Waals surface area contributed by atoms with Crippen molar-refractivity contribution in [2.45, 2.75) is 19.8 Å². The van der Waals surface area contributed by atoms with Gasteiger partial charge in [0.2, 0.25) is 0 Å². The topological polar surface area (TPSA) is 89.1 Å². The largest absolute Gasteiger partial charge is 0.452 e. The number of Topliss-reactive ketones (excluding diaryl/α,β-unsaturated/α-hetero) is 1. The van der Waals surface area contributed by atoms with E-state index in [0.29, 0.717) is 16.3 Å². The highest BCUT2D eigenvalue weighted by molar-refractivity contribution is 6.04. The molecule has 0 saturated heterocycles. The maximum absolute atomic E-state index is 12.3. The number of carbonyl (C=O) groups excluding carboxylic acids is 2. The highest BCUT2D eigenvalue weighted by Gasteiger charge is 2.17. The van der Waals surface area contributed by atoms with Gasteiger partial charge in [-0.2, -0.15) is 5.10 Å². The van der Waals surface area contributed by atoms with Crippen molar-refractivity contribution in [1.82, 2.24) is 10.2 Å². The summed E-state index contributed by atoms with van der Waals surface area (Å²) in [5.74, 6) is -1.05. The summed E-state index contributed by atoms with van der Waals surface area (Å²) < 4.78 is 5.10. The molecule has 3 aromatic rings. The lowest BCUT2D eigenvalue weighted by atomic mass is 10.1. The second-order valence-corrected chi connectivity index (χ2v) is 5.89. The number of esters is 1. The van der Waals surface area contributed by atoms with Gasteiger partial charge >= 0.3 is 5.97 Å². The summed E-state index contributed by atoms with van der Waals surface area (Å²) in [5, 5.41) is 6.76. The van der Waals surface area contributed by atoms with Crippen molar-refractivity contribution < 1.29 is 14.3 Å². The molecule has 26 heavy (non-hydrogen) atoms. The summed E-state index contributed by atoms with van der Waals surface area (Å²) in [7, 11) is 0. The fourth-order valence-electron chi connectivity index (χ4n) is 2.70. The highest BCUT2D eigenvalue weighted by Crippen LogP contribution is 2.14. The van der Waals surface area contributed by atoms with Crippen LogP contribution >= 0.6 is 0 Å². The molecule has 0 atom stereocenters. The molecule has 0 aliphatic heterocycles. The number of ether oxygens (including phenoxy) is 1. The number of aryl methyl sites for hydroxylation is 1. The maximum atomic E-state index is 12.3. The molecule has 1 heterocycles. The number of H-pyrrole nitrogens is 1. The molecule has 0 unspecified atom stereocenters. The van der Waals surface area contributed by atoms with E-state index in [9.17, 15) is 14.4 Å². The van der Waals surface area contributed by atoms with Crippen LogP contribution in [0.1, 0.15) is 39.8 Å². The molecule has 0 spiro atoms. The third-order valence-corrected chi connectivity index (χ3v) is 4.04. The van der Waals surface area contributed by atoms with E-state index >= 15 is 0 Å². The Labute approximate surface area is 149 Å². The van der Waals surface area contributed by atoms with Crippen LogP contribution in [0.2, 0.25) is 0 Å². The number of carbonyl (C=O) groups is 2. The average molecular weight is 350 g/mol. The smallest absolute Gasteiger partial charge is 0.359 e. The number of hydrogen-bond donors (Lipinski definition) is 1. The first-order valence-corrected chi connectivity index (χ1v) is 8.37. The number of nitrogens with one attached hydrogen (secondary N) is 1. The van der Waals surface area contributed by atoms with E-state index < -0.39 is 5.97 Å². The zero-order valence-corrected chi connectivity index (χ0v) is 14.3. The Morgan fingerprint density at radius 3 is 2.42 bits per heavy atom.